The number of rotatable bonds is 4. The van der Waals surface area contributed by atoms with Crippen LogP contribution in [-0.4, -0.2) is 26.2 Å². The molecule has 1 aromatic carbocycles. The number of likely N-dealkylation sites (N-methyl/N-ethyl adjacent to an activating group) is 1. The van der Waals surface area contributed by atoms with Gasteiger partial charge < -0.3 is 9.64 Å². The molecule has 1 fully saturated rings. The molecule has 1 aliphatic heterocycles. The van der Waals surface area contributed by atoms with E-state index in [0.29, 0.717) is 18.4 Å². The predicted octanol–water partition coefficient (Wildman–Crippen LogP) is 1.44. The number of likely N-dealkylation sites (tertiary alicyclic amines) is 1. The van der Waals surface area contributed by atoms with Crippen molar-refractivity contribution in [1.82, 2.24) is 0 Å². The van der Waals surface area contributed by atoms with Gasteiger partial charge in [0.25, 0.3) is 0 Å². The molecule has 1 unspecified atom stereocenters. The van der Waals surface area contributed by atoms with Crippen molar-refractivity contribution in [3.63, 3.8) is 0 Å². The van der Waals surface area contributed by atoms with Crippen LogP contribution < -0.4 is 9.64 Å². The van der Waals surface area contributed by atoms with E-state index in [4.69, 9.17) is 4.74 Å². The summed E-state index contributed by atoms with van der Waals surface area (Å²) in [5, 5.41) is 0. The van der Waals surface area contributed by atoms with E-state index in [-0.39, 0.29) is 5.82 Å². The highest BCUT2D eigenvalue weighted by molar-refractivity contribution is 5.22. The summed E-state index contributed by atoms with van der Waals surface area (Å²) < 4.78 is 18.1. The molecule has 1 aliphatic rings. The Balaban J connectivity index is 1.75. The van der Waals surface area contributed by atoms with Gasteiger partial charge in [-0.3, -0.25) is 0 Å². The number of quaternary nitrogens is 1. The minimum absolute atomic E-state index is 0.232. The van der Waals surface area contributed by atoms with Gasteiger partial charge in [-0.2, -0.15) is 0 Å². The fourth-order valence-electron chi connectivity index (χ4n) is 2.19. The summed E-state index contributed by atoms with van der Waals surface area (Å²) in [4.78, 5) is 1.57. The van der Waals surface area contributed by atoms with Gasteiger partial charge in [0.05, 0.1) is 13.6 Å². The van der Waals surface area contributed by atoms with Crippen LogP contribution >= 0.6 is 0 Å². The van der Waals surface area contributed by atoms with Crippen LogP contribution in [0.25, 0.3) is 0 Å². The van der Waals surface area contributed by atoms with E-state index in [1.54, 1.807) is 17.0 Å². The Labute approximate surface area is 102 Å². The summed E-state index contributed by atoms with van der Waals surface area (Å²) in [6, 6.07) is 6.75. The molecule has 0 saturated carbocycles. The maximum atomic E-state index is 12.7. The molecule has 0 aromatic heterocycles. The first-order chi connectivity index (χ1) is 8.25. The van der Waals surface area contributed by atoms with E-state index >= 15 is 0 Å². The molecule has 1 heterocycles. The Morgan fingerprint density at radius 2 is 2.18 bits per heavy atom. The molecule has 0 spiro atoms. The van der Waals surface area contributed by atoms with Gasteiger partial charge in [-0.15, -0.1) is 0 Å². The SMILES string of the molecule is C[NH+]1CCC[C@@H]1/C=C/COc1ccc(F)cc1. The maximum absolute atomic E-state index is 12.7. The monoisotopic (exact) mass is 236 g/mol. The van der Waals surface area contributed by atoms with E-state index in [1.807, 2.05) is 0 Å². The van der Waals surface area contributed by atoms with Crippen molar-refractivity contribution < 1.29 is 14.0 Å². The average molecular weight is 236 g/mol. The Morgan fingerprint density at radius 3 is 2.82 bits per heavy atom. The van der Waals surface area contributed by atoms with Crippen LogP contribution in [0.4, 0.5) is 4.39 Å². The van der Waals surface area contributed by atoms with Crippen LogP contribution in [-0.2, 0) is 0 Å². The fraction of sp³-hybridized carbons (Fsp3) is 0.429. The van der Waals surface area contributed by atoms with Crippen LogP contribution in [0.1, 0.15) is 12.8 Å². The van der Waals surface area contributed by atoms with Crippen molar-refractivity contribution in [3.8, 4) is 5.75 Å². The van der Waals surface area contributed by atoms with Gasteiger partial charge in [0.1, 0.15) is 24.2 Å². The van der Waals surface area contributed by atoms with Crippen molar-refractivity contribution in [2.45, 2.75) is 18.9 Å². The highest BCUT2D eigenvalue weighted by Gasteiger charge is 2.21. The lowest BCUT2D eigenvalue weighted by molar-refractivity contribution is -0.885. The lowest BCUT2D eigenvalue weighted by Gasteiger charge is -2.12. The molecule has 2 atom stereocenters. The zero-order valence-corrected chi connectivity index (χ0v) is 10.2. The summed E-state index contributed by atoms with van der Waals surface area (Å²) in [5.41, 5.74) is 0. The fourth-order valence-corrected chi connectivity index (χ4v) is 2.19. The minimum atomic E-state index is -0.232. The van der Waals surface area contributed by atoms with Crippen molar-refractivity contribution in [1.29, 1.82) is 0 Å². The summed E-state index contributed by atoms with van der Waals surface area (Å²) >= 11 is 0. The second kappa shape index (κ2) is 5.82. The van der Waals surface area contributed by atoms with E-state index in [9.17, 15) is 4.39 Å². The van der Waals surface area contributed by atoms with Crippen molar-refractivity contribution in [2.75, 3.05) is 20.2 Å². The highest BCUT2D eigenvalue weighted by atomic mass is 19.1. The predicted molar refractivity (Wildman–Crippen MR) is 65.8 cm³/mol. The van der Waals surface area contributed by atoms with Gasteiger partial charge in [0.2, 0.25) is 0 Å². The number of hydrogen-bond acceptors (Lipinski definition) is 1. The average Bonchev–Trinajstić information content (AvgIpc) is 2.73. The molecule has 1 aromatic rings. The quantitative estimate of drug-likeness (QED) is 0.781. The molecule has 0 radical (unpaired) electrons. The van der Waals surface area contributed by atoms with Crippen LogP contribution in [0.3, 0.4) is 0 Å². The first kappa shape index (κ1) is 12.1. The first-order valence-corrected chi connectivity index (χ1v) is 6.13. The number of nitrogens with one attached hydrogen (secondary N) is 1. The molecular formula is C14H19FNO+. The Bertz CT molecular complexity index is 374. The largest absolute Gasteiger partial charge is 0.490 e. The Hall–Kier alpha value is -1.35. The molecule has 0 bridgehead atoms. The number of benzene rings is 1. The lowest BCUT2D eigenvalue weighted by atomic mass is 10.2. The third kappa shape index (κ3) is 3.56. The van der Waals surface area contributed by atoms with E-state index in [2.05, 4.69) is 19.2 Å². The molecule has 17 heavy (non-hydrogen) atoms. The molecule has 0 amide bonds. The molecule has 3 heteroatoms. The summed E-state index contributed by atoms with van der Waals surface area (Å²) in [6.45, 7) is 1.81. The lowest BCUT2D eigenvalue weighted by Crippen LogP contribution is -3.10. The van der Waals surface area contributed by atoms with Gasteiger partial charge in [-0.25, -0.2) is 4.39 Å². The maximum Gasteiger partial charge on any atom is 0.123 e. The number of hydrogen-bond donors (Lipinski definition) is 1. The van der Waals surface area contributed by atoms with Crippen molar-refractivity contribution in [2.24, 2.45) is 0 Å². The van der Waals surface area contributed by atoms with Crippen LogP contribution in [0.15, 0.2) is 36.4 Å². The van der Waals surface area contributed by atoms with E-state index < -0.39 is 0 Å². The van der Waals surface area contributed by atoms with Gasteiger partial charge >= 0.3 is 0 Å². The van der Waals surface area contributed by atoms with Gasteiger partial charge in [-0.1, -0.05) is 0 Å². The molecule has 92 valence electrons. The standard InChI is InChI=1S/C14H18FNO/c1-16-10-2-4-13(16)5-3-11-17-14-8-6-12(15)7-9-14/h3,5-9,13H,2,4,10-11H2,1H3/p+1/b5-3+/t13-/m1/s1. The van der Waals surface area contributed by atoms with Gasteiger partial charge in [0.15, 0.2) is 0 Å². The molecule has 2 rings (SSSR count). The molecule has 0 aliphatic carbocycles. The normalized spacial score (nSPS) is 24.4. The Morgan fingerprint density at radius 1 is 1.41 bits per heavy atom. The second-order valence-electron chi connectivity index (χ2n) is 4.54. The number of ether oxygens (including phenoxy) is 1. The second-order valence-corrected chi connectivity index (χ2v) is 4.54. The smallest absolute Gasteiger partial charge is 0.123 e. The van der Waals surface area contributed by atoms with Crippen LogP contribution in [0.5, 0.6) is 5.75 Å². The molecule has 2 nitrogen and oxygen atoms in total. The Kier molecular flexibility index (Phi) is 4.15. The summed E-state index contributed by atoms with van der Waals surface area (Å²) in [7, 11) is 2.23. The van der Waals surface area contributed by atoms with Crippen molar-refractivity contribution >= 4 is 0 Å². The third-order valence-corrected chi connectivity index (χ3v) is 3.25. The minimum Gasteiger partial charge on any atom is -0.490 e. The summed E-state index contributed by atoms with van der Waals surface area (Å²) in [6.07, 6.45) is 6.85. The first-order valence-electron chi connectivity index (χ1n) is 6.13. The van der Waals surface area contributed by atoms with Crippen molar-refractivity contribution in [3.05, 3.63) is 42.2 Å². The zero-order chi connectivity index (χ0) is 12.1. The molecular weight excluding hydrogens is 217 g/mol. The van der Waals surface area contributed by atoms with E-state index in [0.717, 1.165) is 0 Å². The molecule has 1 saturated heterocycles. The summed E-state index contributed by atoms with van der Waals surface area (Å²) in [5.74, 6) is 0.479. The van der Waals surface area contributed by atoms with Crippen LogP contribution in [0.2, 0.25) is 0 Å². The topological polar surface area (TPSA) is 13.7 Å². The molecule has 1 N–H and O–H groups in total. The highest BCUT2D eigenvalue weighted by Crippen LogP contribution is 2.10. The van der Waals surface area contributed by atoms with Crippen LogP contribution in [0, 0.1) is 5.82 Å². The van der Waals surface area contributed by atoms with E-state index in [1.165, 1.54) is 31.5 Å². The number of halogens is 1. The zero-order valence-electron chi connectivity index (χ0n) is 10.2. The van der Waals surface area contributed by atoms with Gasteiger partial charge in [-0.05, 0) is 36.4 Å². The third-order valence-electron chi connectivity index (χ3n) is 3.25. The van der Waals surface area contributed by atoms with Gasteiger partial charge in [0, 0.05) is 12.8 Å².